The first-order valence-corrected chi connectivity index (χ1v) is 14.2. The standard InChI is InChI=1S/C24H28ClN3O4S2/c25-19-7-6-18-16-23(33-22(18)17-19)34(29,30)26-8-1-2-9-27-10-12-28(13-11-27)20-4-3-5-21-24(20)32-15-14-31-21/h3-7,16-17,26H,1-2,8-15H2. The molecule has 3 heterocycles. The molecule has 0 amide bonds. The fraction of sp³-hybridized carbons (Fsp3) is 0.417. The first-order valence-electron chi connectivity index (χ1n) is 11.5. The number of benzene rings is 2. The Morgan fingerprint density at radius 1 is 1.00 bits per heavy atom. The normalized spacial score (nSPS) is 16.8. The molecule has 0 spiro atoms. The number of hydrogen-bond donors (Lipinski definition) is 1. The third kappa shape index (κ3) is 5.28. The number of ether oxygens (including phenoxy) is 2. The molecule has 1 fully saturated rings. The molecule has 34 heavy (non-hydrogen) atoms. The molecule has 0 aliphatic carbocycles. The van der Waals surface area contributed by atoms with Crippen LogP contribution < -0.4 is 19.1 Å². The molecule has 0 radical (unpaired) electrons. The van der Waals surface area contributed by atoms with E-state index in [9.17, 15) is 8.42 Å². The average Bonchev–Trinajstić information content (AvgIpc) is 3.28. The molecular formula is C24H28ClN3O4S2. The summed E-state index contributed by atoms with van der Waals surface area (Å²) in [5, 5.41) is 1.50. The molecule has 0 bridgehead atoms. The maximum absolute atomic E-state index is 12.7. The van der Waals surface area contributed by atoms with E-state index >= 15 is 0 Å². The van der Waals surface area contributed by atoms with E-state index in [-0.39, 0.29) is 0 Å². The van der Waals surface area contributed by atoms with Gasteiger partial charge in [-0.3, -0.25) is 4.90 Å². The van der Waals surface area contributed by atoms with Gasteiger partial charge in [0.05, 0.1) is 5.69 Å². The summed E-state index contributed by atoms with van der Waals surface area (Å²) in [6.45, 7) is 6.39. The Labute approximate surface area is 209 Å². The fourth-order valence-corrected chi connectivity index (χ4v) is 7.16. The Hall–Kier alpha value is -2.04. The van der Waals surface area contributed by atoms with E-state index in [0.29, 0.717) is 29.0 Å². The minimum Gasteiger partial charge on any atom is -0.486 e. The lowest BCUT2D eigenvalue weighted by Gasteiger charge is -2.37. The van der Waals surface area contributed by atoms with Crippen molar-refractivity contribution in [3.8, 4) is 11.5 Å². The highest BCUT2D eigenvalue weighted by Crippen LogP contribution is 2.39. The molecule has 0 atom stereocenters. The number of halogens is 1. The zero-order valence-electron chi connectivity index (χ0n) is 18.8. The fourth-order valence-electron chi connectivity index (χ4n) is 4.37. The predicted octanol–water partition coefficient (Wildman–Crippen LogP) is 4.21. The second kappa shape index (κ2) is 10.3. The van der Waals surface area contributed by atoms with Gasteiger partial charge in [-0.15, -0.1) is 11.3 Å². The lowest BCUT2D eigenvalue weighted by Crippen LogP contribution is -2.46. The lowest BCUT2D eigenvalue weighted by atomic mass is 10.2. The Morgan fingerprint density at radius 3 is 2.68 bits per heavy atom. The van der Waals surface area contributed by atoms with Crippen molar-refractivity contribution in [2.24, 2.45) is 0 Å². The van der Waals surface area contributed by atoms with Gasteiger partial charge in [-0.1, -0.05) is 23.7 Å². The number of nitrogens with one attached hydrogen (secondary N) is 1. The molecule has 10 heteroatoms. The summed E-state index contributed by atoms with van der Waals surface area (Å²) in [5.41, 5.74) is 1.11. The van der Waals surface area contributed by atoms with Crippen LogP contribution in [0.5, 0.6) is 11.5 Å². The molecule has 5 rings (SSSR count). The van der Waals surface area contributed by atoms with E-state index in [1.165, 1.54) is 11.3 Å². The number of unbranched alkanes of at least 4 members (excludes halogenated alkanes) is 1. The van der Waals surface area contributed by atoms with E-state index < -0.39 is 10.0 Å². The summed E-state index contributed by atoms with van der Waals surface area (Å²) in [7, 11) is -3.50. The van der Waals surface area contributed by atoms with Crippen molar-refractivity contribution in [3.63, 3.8) is 0 Å². The van der Waals surface area contributed by atoms with Crippen molar-refractivity contribution in [2.45, 2.75) is 17.1 Å². The van der Waals surface area contributed by atoms with Crippen LogP contribution in [0.3, 0.4) is 0 Å². The number of thiophene rings is 1. The summed E-state index contributed by atoms with van der Waals surface area (Å²) in [6.07, 6.45) is 1.75. The second-order valence-electron chi connectivity index (χ2n) is 8.48. The van der Waals surface area contributed by atoms with Gasteiger partial charge in [-0.25, -0.2) is 13.1 Å². The van der Waals surface area contributed by atoms with Crippen LogP contribution in [-0.2, 0) is 10.0 Å². The quantitative estimate of drug-likeness (QED) is 0.448. The van der Waals surface area contributed by atoms with Crippen molar-refractivity contribution in [3.05, 3.63) is 47.5 Å². The third-order valence-electron chi connectivity index (χ3n) is 6.18. The van der Waals surface area contributed by atoms with Gasteiger partial charge >= 0.3 is 0 Å². The van der Waals surface area contributed by atoms with E-state index in [0.717, 1.165) is 72.8 Å². The maximum atomic E-state index is 12.7. The highest BCUT2D eigenvalue weighted by atomic mass is 35.5. The molecular weight excluding hydrogens is 494 g/mol. The number of fused-ring (bicyclic) bond motifs is 2. The molecule has 0 saturated carbocycles. The molecule has 2 aliphatic heterocycles. The number of piperazine rings is 1. The smallest absolute Gasteiger partial charge is 0.250 e. The van der Waals surface area contributed by atoms with Gasteiger partial charge in [0.2, 0.25) is 10.0 Å². The number of rotatable bonds is 8. The van der Waals surface area contributed by atoms with Gasteiger partial charge in [0.25, 0.3) is 0 Å². The van der Waals surface area contributed by atoms with Gasteiger partial charge in [-0.2, -0.15) is 0 Å². The van der Waals surface area contributed by atoms with Crippen molar-refractivity contribution in [2.75, 3.05) is 57.4 Å². The first kappa shape index (κ1) is 23.7. The van der Waals surface area contributed by atoms with Crippen LogP contribution in [0.4, 0.5) is 5.69 Å². The highest BCUT2D eigenvalue weighted by Gasteiger charge is 2.23. The van der Waals surface area contributed by atoms with Gasteiger partial charge in [-0.05, 0) is 55.1 Å². The molecule has 1 N–H and O–H groups in total. The monoisotopic (exact) mass is 521 g/mol. The van der Waals surface area contributed by atoms with Crippen molar-refractivity contribution >= 4 is 48.7 Å². The summed E-state index contributed by atoms with van der Waals surface area (Å²) < 4.78 is 40.8. The van der Waals surface area contributed by atoms with Crippen LogP contribution >= 0.6 is 22.9 Å². The predicted molar refractivity (Wildman–Crippen MR) is 137 cm³/mol. The number of anilines is 1. The molecule has 7 nitrogen and oxygen atoms in total. The summed E-state index contributed by atoms with van der Waals surface area (Å²) in [5.74, 6) is 1.68. The molecule has 2 aliphatic rings. The first-order chi connectivity index (χ1) is 16.5. The highest BCUT2D eigenvalue weighted by molar-refractivity contribution is 7.91. The summed E-state index contributed by atoms with van der Waals surface area (Å²) >= 11 is 7.26. The van der Waals surface area contributed by atoms with Crippen LogP contribution in [0.15, 0.2) is 46.7 Å². The summed E-state index contributed by atoms with van der Waals surface area (Å²) in [6, 6.07) is 13.2. The molecule has 3 aromatic rings. The molecule has 1 saturated heterocycles. The number of hydrogen-bond acceptors (Lipinski definition) is 7. The van der Waals surface area contributed by atoms with Crippen LogP contribution in [0.2, 0.25) is 5.02 Å². The van der Waals surface area contributed by atoms with Gasteiger partial charge < -0.3 is 14.4 Å². The Kier molecular flexibility index (Phi) is 7.17. The van der Waals surface area contributed by atoms with E-state index in [4.69, 9.17) is 21.1 Å². The SMILES string of the molecule is O=S(=O)(NCCCCN1CCN(c2cccc3c2OCCO3)CC1)c1cc2ccc(Cl)cc2s1. The zero-order valence-corrected chi connectivity index (χ0v) is 21.2. The average molecular weight is 522 g/mol. The Morgan fingerprint density at radius 2 is 1.82 bits per heavy atom. The number of para-hydroxylation sites is 1. The molecule has 182 valence electrons. The van der Waals surface area contributed by atoms with Crippen LogP contribution in [0.25, 0.3) is 10.1 Å². The Bertz CT molecular complexity index is 1260. The number of sulfonamides is 1. The topological polar surface area (TPSA) is 71.1 Å². The van der Waals surface area contributed by atoms with Gasteiger partial charge in [0.1, 0.15) is 17.4 Å². The van der Waals surface area contributed by atoms with Crippen molar-refractivity contribution in [1.29, 1.82) is 0 Å². The second-order valence-corrected chi connectivity index (χ2v) is 12.0. The van der Waals surface area contributed by atoms with Crippen LogP contribution in [0.1, 0.15) is 12.8 Å². The largest absolute Gasteiger partial charge is 0.486 e. The Balaban J connectivity index is 1.06. The summed E-state index contributed by atoms with van der Waals surface area (Å²) in [4.78, 5) is 4.80. The minimum atomic E-state index is -3.50. The zero-order chi connectivity index (χ0) is 23.5. The van der Waals surface area contributed by atoms with E-state index in [1.807, 2.05) is 18.2 Å². The molecule has 0 unspecified atom stereocenters. The van der Waals surface area contributed by atoms with Crippen LogP contribution in [-0.4, -0.2) is 65.8 Å². The van der Waals surface area contributed by atoms with E-state index in [2.05, 4.69) is 20.6 Å². The lowest BCUT2D eigenvalue weighted by molar-refractivity contribution is 0.171. The molecule has 2 aromatic carbocycles. The number of nitrogens with zero attached hydrogens (tertiary/aromatic N) is 2. The van der Waals surface area contributed by atoms with Gasteiger partial charge in [0.15, 0.2) is 11.5 Å². The molecule has 1 aromatic heterocycles. The maximum Gasteiger partial charge on any atom is 0.250 e. The third-order valence-corrected chi connectivity index (χ3v) is 9.44. The van der Waals surface area contributed by atoms with Crippen LogP contribution in [0, 0.1) is 0 Å². The van der Waals surface area contributed by atoms with Crippen molar-refractivity contribution < 1.29 is 17.9 Å². The van der Waals surface area contributed by atoms with Gasteiger partial charge in [0, 0.05) is 42.4 Å². The van der Waals surface area contributed by atoms with E-state index in [1.54, 1.807) is 18.2 Å². The minimum absolute atomic E-state index is 0.332. The van der Waals surface area contributed by atoms with Crippen molar-refractivity contribution in [1.82, 2.24) is 9.62 Å².